The van der Waals surface area contributed by atoms with Crippen LogP contribution >= 0.6 is 0 Å². The van der Waals surface area contributed by atoms with Gasteiger partial charge >= 0.3 is 0 Å². The van der Waals surface area contributed by atoms with Gasteiger partial charge in [0.15, 0.2) is 0 Å². The highest BCUT2D eigenvalue weighted by atomic mass is 16.5. The van der Waals surface area contributed by atoms with Crippen LogP contribution in [-0.4, -0.2) is 56.7 Å². The molecule has 0 saturated carbocycles. The lowest BCUT2D eigenvalue weighted by Crippen LogP contribution is -2.53. The molecule has 2 aliphatic heterocycles. The Bertz CT molecular complexity index is 475. The Morgan fingerprint density at radius 2 is 1.90 bits per heavy atom. The number of nitrogens with zero attached hydrogens (tertiary/aromatic N) is 2. The second-order valence-corrected chi connectivity index (χ2v) is 5.66. The van der Waals surface area contributed by atoms with E-state index >= 15 is 0 Å². The normalized spacial score (nSPS) is 22.4. The molecule has 0 aromatic heterocycles. The Hall–Kier alpha value is -1.75. The van der Waals surface area contributed by atoms with Crippen LogP contribution in [0, 0.1) is 0 Å². The van der Waals surface area contributed by atoms with Crippen LogP contribution in [0.1, 0.15) is 12.8 Å². The van der Waals surface area contributed by atoms with Gasteiger partial charge in [-0.2, -0.15) is 0 Å². The Balaban J connectivity index is 1.55. The second kappa shape index (κ2) is 6.35. The van der Waals surface area contributed by atoms with Crippen LogP contribution in [0.5, 0.6) is 5.75 Å². The molecule has 1 aromatic carbocycles. The van der Waals surface area contributed by atoms with Crippen LogP contribution in [0.3, 0.4) is 0 Å². The molecule has 2 heterocycles. The molecule has 0 bridgehead atoms. The number of carbonyl (C=O) groups excluding carboxylic acids is 1. The van der Waals surface area contributed by atoms with Crippen LogP contribution in [0.25, 0.3) is 0 Å². The van der Waals surface area contributed by atoms with Crippen molar-refractivity contribution < 1.29 is 9.53 Å². The number of benzene rings is 1. The zero-order valence-corrected chi connectivity index (χ0v) is 12.5. The van der Waals surface area contributed by atoms with E-state index in [1.54, 1.807) is 7.11 Å². The molecule has 1 amide bonds. The van der Waals surface area contributed by atoms with E-state index in [-0.39, 0.29) is 11.9 Å². The first-order valence-electron chi connectivity index (χ1n) is 7.69. The fourth-order valence-corrected chi connectivity index (χ4v) is 3.09. The van der Waals surface area contributed by atoms with Gasteiger partial charge in [0, 0.05) is 31.9 Å². The van der Waals surface area contributed by atoms with E-state index in [1.165, 1.54) is 5.69 Å². The maximum Gasteiger partial charge on any atom is 0.239 e. The van der Waals surface area contributed by atoms with Gasteiger partial charge in [-0.05, 0) is 43.7 Å². The Morgan fingerprint density at radius 3 is 2.48 bits per heavy atom. The summed E-state index contributed by atoms with van der Waals surface area (Å²) in [6.07, 6.45) is 2.10. The lowest BCUT2D eigenvalue weighted by Gasteiger charge is -2.37. The van der Waals surface area contributed by atoms with E-state index in [2.05, 4.69) is 22.3 Å². The third kappa shape index (κ3) is 3.13. The van der Waals surface area contributed by atoms with E-state index in [1.807, 2.05) is 17.0 Å². The van der Waals surface area contributed by atoms with Crippen LogP contribution < -0.4 is 15.0 Å². The molecule has 2 fully saturated rings. The number of anilines is 1. The number of rotatable bonds is 3. The van der Waals surface area contributed by atoms with E-state index in [0.717, 1.165) is 51.3 Å². The Kier molecular flexibility index (Phi) is 4.29. The van der Waals surface area contributed by atoms with E-state index < -0.39 is 0 Å². The van der Waals surface area contributed by atoms with Crippen molar-refractivity contribution in [2.45, 2.75) is 18.9 Å². The SMILES string of the molecule is COc1ccc(N2CCN(C(=O)C3CCCN3)CC2)cc1. The number of carbonyl (C=O) groups is 1. The van der Waals surface area contributed by atoms with Crippen molar-refractivity contribution in [2.24, 2.45) is 0 Å². The molecular weight excluding hydrogens is 266 g/mol. The third-order valence-electron chi connectivity index (χ3n) is 4.39. The zero-order chi connectivity index (χ0) is 14.7. The first kappa shape index (κ1) is 14.2. The maximum absolute atomic E-state index is 12.4. The van der Waals surface area contributed by atoms with Gasteiger partial charge in [-0.1, -0.05) is 0 Å². The number of methoxy groups -OCH3 is 1. The molecule has 1 aromatic rings. The van der Waals surface area contributed by atoms with Gasteiger partial charge in [0.1, 0.15) is 5.75 Å². The molecule has 0 spiro atoms. The number of amides is 1. The summed E-state index contributed by atoms with van der Waals surface area (Å²) >= 11 is 0. The molecule has 21 heavy (non-hydrogen) atoms. The minimum Gasteiger partial charge on any atom is -0.497 e. The quantitative estimate of drug-likeness (QED) is 0.905. The van der Waals surface area contributed by atoms with E-state index in [4.69, 9.17) is 4.74 Å². The molecular formula is C16H23N3O2. The number of hydrogen-bond acceptors (Lipinski definition) is 4. The predicted octanol–water partition coefficient (Wildman–Crippen LogP) is 1.10. The summed E-state index contributed by atoms with van der Waals surface area (Å²) in [5.74, 6) is 1.15. The summed E-state index contributed by atoms with van der Waals surface area (Å²) < 4.78 is 5.18. The first-order valence-corrected chi connectivity index (χ1v) is 7.69. The Labute approximate surface area is 125 Å². The molecule has 5 nitrogen and oxygen atoms in total. The lowest BCUT2D eigenvalue weighted by molar-refractivity contribution is -0.133. The predicted molar refractivity (Wildman–Crippen MR) is 82.8 cm³/mol. The minimum atomic E-state index is 0.0533. The lowest BCUT2D eigenvalue weighted by atomic mass is 10.1. The van der Waals surface area contributed by atoms with Gasteiger partial charge in [0.2, 0.25) is 5.91 Å². The number of ether oxygens (including phenoxy) is 1. The molecule has 1 atom stereocenters. The van der Waals surface area contributed by atoms with Crippen molar-refractivity contribution in [1.29, 1.82) is 0 Å². The number of piperazine rings is 1. The van der Waals surface area contributed by atoms with E-state index in [9.17, 15) is 4.79 Å². The highest BCUT2D eigenvalue weighted by molar-refractivity contribution is 5.82. The van der Waals surface area contributed by atoms with Gasteiger partial charge in [0.05, 0.1) is 13.2 Å². The molecule has 1 unspecified atom stereocenters. The van der Waals surface area contributed by atoms with Crippen molar-refractivity contribution >= 4 is 11.6 Å². The maximum atomic E-state index is 12.4. The monoisotopic (exact) mass is 289 g/mol. The van der Waals surface area contributed by atoms with Crippen LogP contribution in [-0.2, 0) is 4.79 Å². The molecule has 3 rings (SSSR count). The summed E-state index contributed by atoms with van der Waals surface area (Å²) in [5.41, 5.74) is 1.20. The minimum absolute atomic E-state index is 0.0533. The largest absolute Gasteiger partial charge is 0.497 e. The molecule has 114 valence electrons. The topological polar surface area (TPSA) is 44.8 Å². The number of nitrogens with one attached hydrogen (secondary N) is 1. The fraction of sp³-hybridized carbons (Fsp3) is 0.562. The Morgan fingerprint density at radius 1 is 1.19 bits per heavy atom. The standard InChI is InChI=1S/C16H23N3O2/c1-21-14-6-4-13(5-7-14)18-9-11-19(12-10-18)16(20)15-3-2-8-17-15/h4-7,15,17H,2-3,8-12H2,1H3. The summed E-state index contributed by atoms with van der Waals surface area (Å²) in [6, 6.07) is 8.17. The van der Waals surface area contributed by atoms with Gasteiger partial charge in [-0.25, -0.2) is 0 Å². The molecule has 2 saturated heterocycles. The average Bonchev–Trinajstić information content (AvgIpc) is 3.09. The molecule has 5 heteroatoms. The van der Waals surface area contributed by atoms with Crippen molar-refractivity contribution in [2.75, 3.05) is 44.7 Å². The van der Waals surface area contributed by atoms with Crippen LogP contribution in [0.2, 0.25) is 0 Å². The van der Waals surface area contributed by atoms with Crippen LogP contribution in [0.15, 0.2) is 24.3 Å². The fourth-order valence-electron chi connectivity index (χ4n) is 3.09. The van der Waals surface area contributed by atoms with Gasteiger partial charge < -0.3 is 19.9 Å². The smallest absolute Gasteiger partial charge is 0.239 e. The van der Waals surface area contributed by atoms with Gasteiger partial charge in [-0.15, -0.1) is 0 Å². The highest BCUT2D eigenvalue weighted by Gasteiger charge is 2.29. The zero-order valence-electron chi connectivity index (χ0n) is 12.5. The first-order chi connectivity index (χ1) is 10.3. The number of hydrogen-bond donors (Lipinski definition) is 1. The molecule has 0 radical (unpaired) electrons. The van der Waals surface area contributed by atoms with Crippen molar-refractivity contribution in [1.82, 2.24) is 10.2 Å². The summed E-state index contributed by atoms with van der Waals surface area (Å²) in [7, 11) is 1.68. The second-order valence-electron chi connectivity index (χ2n) is 5.66. The summed E-state index contributed by atoms with van der Waals surface area (Å²) in [5, 5.41) is 3.29. The van der Waals surface area contributed by atoms with Gasteiger partial charge in [-0.3, -0.25) is 4.79 Å². The van der Waals surface area contributed by atoms with Gasteiger partial charge in [0.25, 0.3) is 0 Å². The van der Waals surface area contributed by atoms with E-state index in [0.29, 0.717) is 0 Å². The van der Waals surface area contributed by atoms with Crippen molar-refractivity contribution in [3.05, 3.63) is 24.3 Å². The van der Waals surface area contributed by atoms with Crippen molar-refractivity contribution in [3.63, 3.8) is 0 Å². The van der Waals surface area contributed by atoms with Crippen molar-refractivity contribution in [3.8, 4) is 5.75 Å². The highest BCUT2D eigenvalue weighted by Crippen LogP contribution is 2.21. The molecule has 1 N–H and O–H groups in total. The molecule has 2 aliphatic rings. The molecule has 0 aliphatic carbocycles. The summed E-state index contributed by atoms with van der Waals surface area (Å²) in [6.45, 7) is 4.38. The third-order valence-corrected chi connectivity index (χ3v) is 4.39. The summed E-state index contributed by atoms with van der Waals surface area (Å²) in [4.78, 5) is 16.7. The average molecular weight is 289 g/mol. The van der Waals surface area contributed by atoms with Crippen LogP contribution in [0.4, 0.5) is 5.69 Å².